The van der Waals surface area contributed by atoms with Crippen molar-refractivity contribution in [2.45, 2.75) is 70.6 Å². The summed E-state index contributed by atoms with van der Waals surface area (Å²) in [6.45, 7) is 8.65. The van der Waals surface area contributed by atoms with E-state index in [1.165, 1.54) is 119 Å². The first kappa shape index (κ1) is 17.3. The summed E-state index contributed by atoms with van der Waals surface area (Å²) in [6, 6.07) is 0. The molecule has 0 amide bonds. The van der Waals surface area contributed by atoms with E-state index in [9.17, 15) is 0 Å². The zero-order chi connectivity index (χ0) is 15.0. The predicted octanol–water partition coefficient (Wildman–Crippen LogP) is 4.20. The number of rotatable bonds is 10. The Bertz CT molecular complexity index is 247. The normalized spacial score (nSPS) is 23.7. The first-order valence-electron chi connectivity index (χ1n) is 9.79. The molecule has 0 radical (unpaired) electrons. The van der Waals surface area contributed by atoms with Gasteiger partial charge in [-0.2, -0.15) is 0 Å². The molecule has 2 fully saturated rings. The first-order chi connectivity index (χ1) is 10.1. The van der Waals surface area contributed by atoms with Gasteiger partial charge in [-0.3, -0.25) is 0 Å². The molecular formula is C19H40N2+2. The maximum Gasteiger partial charge on any atom is 0.0786 e. The molecule has 0 aromatic heterocycles. The molecule has 0 aromatic rings. The number of quaternary nitrogens is 2. The highest BCUT2D eigenvalue weighted by molar-refractivity contribution is 4.54. The molecule has 2 rings (SSSR count). The van der Waals surface area contributed by atoms with Gasteiger partial charge in [0.2, 0.25) is 0 Å². The minimum absolute atomic E-state index is 1.37. The third kappa shape index (κ3) is 6.28. The van der Waals surface area contributed by atoms with Gasteiger partial charge in [-0.05, 0) is 25.7 Å². The van der Waals surface area contributed by atoms with E-state index in [1.54, 1.807) is 0 Å². The molecule has 21 heavy (non-hydrogen) atoms. The van der Waals surface area contributed by atoms with Crippen LogP contribution in [-0.2, 0) is 0 Å². The molecule has 0 bridgehead atoms. The van der Waals surface area contributed by atoms with Gasteiger partial charge in [0.1, 0.15) is 0 Å². The maximum atomic E-state index is 2.47. The first-order valence-corrected chi connectivity index (χ1v) is 9.79. The van der Waals surface area contributed by atoms with E-state index in [1.807, 2.05) is 0 Å². The van der Waals surface area contributed by atoms with Crippen LogP contribution in [0.15, 0.2) is 0 Å². The Morgan fingerprint density at radius 3 is 1.10 bits per heavy atom. The molecule has 2 heterocycles. The van der Waals surface area contributed by atoms with Gasteiger partial charge in [-0.25, -0.2) is 0 Å². The SMILES string of the molecule is C[N+]1(CCCCCCCCC[N+]2(C)CCCC2)CCCC1. The molecule has 2 heteroatoms. The number of likely N-dealkylation sites (tertiary alicyclic amines) is 2. The average Bonchev–Trinajstić information content (AvgIpc) is 3.07. The Morgan fingerprint density at radius 2 is 0.762 bits per heavy atom. The number of hydrogen-bond donors (Lipinski definition) is 0. The number of nitrogens with zero attached hydrogens (tertiary/aromatic N) is 2. The highest BCUT2D eigenvalue weighted by atomic mass is 15.3. The molecule has 0 atom stereocenters. The molecule has 0 aliphatic carbocycles. The Morgan fingerprint density at radius 1 is 0.476 bits per heavy atom. The largest absolute Gasteiger partial charge is 0.326 e. The zero-order valence-electron chi connectivity index (χ0n) is 14.9. The third-order valence-corrected chi connectivity index (χ3v) is 6.19. The fourth-order valence-corrected chi connectivity index (χ4v) is 4.52. The smallest absolute Gasteiger partial charge is 0.0786 e. The van der Waals surface area contributed by atoms with Crippen LogP contribution in [-0.4, -0.2) is 62.3 Å². The fraction of sp³-hybridized carbons (Fsp3) is 1.00. The Hall–Kier alpha value is -0.0800. The summed E-state index contributed by atoms with van der Waals surface area (Å²) in [5, 5.41) is 0. The molecule has 2 saturated heterocycles. The highest BCUT2D eigenvalue weighted by Gasteiger charge is 2.26. The van der Waals surface area contributed by atoms with Crippen LogP contribution in [0.3, 0.4) is 0 Å². The molecule has 0 unspecified atom stereocenters. The van der Waals surface area contributed by atoms with E-state index in [2.05, 4.69) is 14.1 Å². The van der Waals surface area contributed by atoms with Gasteiger partial charge in [-0.15, -0.1) is 0 Å². The standard InChI is InChI=1S/C19H40N2/c1-20(16-10-11-17-20)14-8-6-4-3-5-7-9-15-21(2)18-12-13-19-21/h3-19H2,1-2H3/q+2. The van der Waals surface area contributed by atoms with Crippen molar-refractivity contribution >= 4 is 0 Å². The van der Waals surface area contributed by atoms with Crippen LogP contribution in [0.2, 0.25) is 0 Å². The maximum absolute atomic E-state index is 2.47. The zero-order valence-corrected chi connectivity index (χ0v) is 14.9. The van der Waals surface area contributed by atoms with Crippen LogP contribution >= 0.6 is 0 Å². The molecule has 0 aromatic carbocycles. The molecule has 0 saturated carbocycles. The summed E-state index contributed by atoms with van der Waals surface area (Å²) >= 11 is 0. The molecule has 2 aliphatic rings. The molecule has 124 valence electrons. The van der Waals surface area contributed by atoms with Crippen molar-refractivity contribution in [3.63, 3.8) is 0 Å². The summed E-state index contributed by atoms with van der Waals surface area (Å²) in [5.41, 5.74) is 0. The number of hydrogen-bond acceptors (Lipinski definition) is 0. The summed E-state index contributed by atoms with van der Waals surface area (Å²) < 4.78 is 2.74. The fourth-order valence-electron chi connectivity index (χ4n) is 4.52. The van der Waals surface area contributed by atoms with Crippen LogP contribution in [0.4, 0.5) is 0 Å². The summed E-state index contributed by atoms with van der Waals surface area (Å²) in [6.07, 6.45) is 16.2. The van der Waals surface area contributed by atoms with Gasteiger partial charge < -0.3 is 8.97 Å². The molecule has 2 nitrogen and oxygen atoms in total. The lowest BCUT2D eigenvalue weighted by molar-refractivity contribution is -0.897. The van der Waals surface area contributed by atoms with Crippen LogP contribution in [0.1, 0.15) is 70.6 Å². The van der Waals surface area contributed by atoms with Gasteiger partial charge in [0.15, 0.2) is 0 Å². The van der Waals surface area contributed by atoms with Gasteiger partial charge >= 0.3 is 0 Å². The quantitative estimate of drug-likeness (QED) is 0.419. The predicted molar refractivity (Wildman–Crippen MR) is 92.4 cm³/mol. The van der Waals surface area contributed by atoms with Crippen molar-refractivity contribution in [1.82, 2.24) is 0 Å². The van der Waals surface area contributed by atoms with Crippen LogP contribution in [0.25, 0.3) is 0 Å². The van der Waals surface area contributed by atoms with Crippen LogP contribution in [0, 0.1) is 0 Å². The summed E-state index contributed by atoms with van der Waals surface area (Å²) in [4.78, 5) is 0. The third-order valence-electron chi connectivity index (χ3n) is 6.19. The minimum atomic E-state index is 1.37. The van der Waals surface area contributed by atoms with E-state index in [0.29, 0.717) is 0 Å². The van der Waals surface area contributed by atoms with Crippen molar-refractivity contribution in [1.29, 1.82) is 0 Å². The Labute approximate surface area is 133 Å². The van der Waals surface area contributed by atoms with Crippen LogP contribution in [0.5, 0.6) is 0 Å². The molecule has 0 spiro atoms. The minimum Gasteiger partial charge on any atom is -0.326 e. The monoisotopic (exact) mass is 296 g/mol. The van der Waals surface area contributed by atoms with Crippen LogP contribution < -0.4 is 0 Å². The molecular weight excluding hydrogens is 256 g/mol. The lowest BCUT2D eigenvalue weighted by atomic mass is 10.1. The van der Waals surface area contributed by atoms with E-state index in [0.717, 1.165) is 0 Å². The second-order valence-electron chi connectivity index (χ2n) is 8.47. The lowest BCUT2D eigenvalue weighted by Crippen LogP contribution is -2.41. The second kappa shape index (κ2) is 8.53. The average molecular weight is 297 g/mol. The van der Waals surface area contributed by atoms with E-state index in [-0.39, 0.29) is 0 Å². The number of unbranched alkanes of at least 4 members (excludes halogenated alkanes) is 6. The van der Waals surface area contributed by atoms with E-state index in [4.69, 9.17) is 0 Å². The van der Waals surface area contributed by atoms with Crippen molar-refractivity contribution in [2.24, 2.45) is 0 Å². The lowest BCUT2D eigenvalue weighted by Gasteiger charge is -2.29. The highest BCUT2D eigenvalue weighted by Crippen LogP contribution is 2.19. The topological polar surface area (TPSA) is 0 Å². The summed E-state index contributed by atoms with van der Waals surface area (Å²) in [7, 11) is 4.93. The van der Waals surface area contributed by atoms with Gasteiger partial charge in [0.05, 0.1) is 53.4 Å². The molecule has 2 aliphatic heterocycles. The van der Waals surface area contributed by atoms with E-state index < -0.39 is 0 Å². The van der Waals surface area contributed by atoms with Crippen molar-refractivity contribution in [3.05, 3.63) is 0 Å². The van der Waals surface area contributed by atoms with Crippen molar-refractivity contribution in [2.75, 3.05) is 53.4 Å². The van der Waals surface area contributed by atoms with Gasteiger partial charge in [0, 0.05) is 25.7 Å². The Balaban J connectivity index is 1.37. The second-order valence-corrected chi connectivity index (χ2v) is 8.47. The molecule has 0 N–H and O–H groups in total. The summed E-state index contributed by atoms with van der Waals surface area (Å²) in [5.74, 6) is 0. The van der Waals surface area contributed by atoms with Crippen molar-refractivity contribution in [3.8, 4) is 0 Å². The van der Waals surface area contributed by atoms with Crippen molar-refractivity contribution < 1.29 is 8.97 Å². The van der Waals surface area contributed by atoms with Gasteiger partial charge in [-0.1, -0.05) is 19.3 Å². The van der Waals surface area contributed by atoms with Gasteiger partial charge in [0.25, 0.3) is 0 Å². The van der Waals surface area contributed by atoms with E-state index >= 15 is 0 Å². The Kier molecular flexibility index (Phi) is 7.01.